The summed E-state index contributed by atoms with van der Waals surface area (Å²) in [4.78, 5) is 10.4. The number of hydrogen-bond donors (Lipinski definition) is 0. The molecular weight excluding hydrogens is 174 g/mol. The molecule has 2 nitrogen and oxygen atoms in total. The smallest absolute Gasteiger partial charge is 0.116 e. The first kappa shape index (κ1) is 7.74. The van der Waals surface area contributed by atoms with Crippen LogP contribution in [0.2, 0.25) is 0 Å². The highest BCUT2D eigenvalue weighted by atomic mass is 35.5. The third-order valence-corrected chi connectivity index (χ3v) is 2.78. The fourth-order valence-corrected chi connectivity index (χ4v) is 1.96. The van der Waals surface area contributed by atoms with Crippen molar-refractivity contribution < 1.29 is 0 Å². The van der Waals surface area contributed by atoms with E-state index in [-0.39, 0.29) is 11.4 Å². The molecule has 0 heterocycles. The number of hydrogen-bond acceptors (Lipinski definition) is 2. The first-order valence-electron chi connectivity index (χ1n) is 3.87. The summed E-state index contributed by atoms with van der Waals surface area (Å²) >= 11 is 6.02. The largest absolute Gasteiger partial charge is 0.150 e. The van der Waals surface area contributed by atoms with Crippen LogP contribution in [0.1, 0.15) is 16.5 Å². The Hall–Kier alpha value is -0.890. The van der Waals surface area contributed by atoms with Crippen molar-refractivity contribution >= 4 is 11.6 Å². The van der Waals surface area contributed by atoms with E-state index >= 15 is 0 Å². The summed E-state index contributed by atoms with van der Waals surface area (Å²) in [6.45, 7) is 0. The second-order valence-corrected chi connectivity index (χ2v) is 3.45. The van der Waals surface area contributed by atoms with Crippen molar-refractivity contribution in [1.29, 1.82) is 0 Å². The maximum atomic E-state index is 10.4. The molecule has 0 N–H and O–H groups in total. The van der Waals surface area contributed by atoms with Gasteiger partial charge in [-0.3, -0.25) is 0 Å². The van der Waals surface area contributed by atoms with Crippen molar-refractivity contribution in [3.8, 4) is 0 Å². The van der Waals surface area contributed by atoms with Gasteiger partial charge in [-0.2, -0.15) is 4.91 Å². The van der Waals surface area contributed by atoms with Crippen LogP contribution in [0.5, 0.6) is 0 Å². The molecule has 2 atom stereocenters. The average molecular weight is 182 g/mol. The molecule has 2 rings (SSSR count). The van der Waals surface area contributed by atoms with Crippen molar-refractivity contribution in [2.45, 2.75) is 17.8 Å². The predicted octanol–water partition coefficient (Wildman–Crippen LogP) is 2.66. The molecule has 0 bridgehead atoms. The number of rotatable bonds is 1. The highest BCUT2D eigenvalue weighted by Gasteiger charge is 2.31. The van der Waals surface area contributed by atoms with Crippen molar-refractivity contribution in [2.75, 3.05) is 0 Å². The Kier molecular flexibility index (Phi) is 1.85. The Labute approximate surface area is 75.5 Å². The number of halogens is 1. The van der Waals surface area contributed by atoms with Gasteiger partial charge < -0.3 is 0 Å². The van der Waals surface area contributed by atoms with Gasteiger partial charge in [0.05, 0.1) is 5.38 Å². The zero-order chi connectivity index (χ0) is 8.55. The van der Waals surface area contributed by atoms with Crippen LogP contribution < -0.4 is 0 Å². The highest BCUT2D eigenvalue weighted by Crippen LogP contribution is 2.37. The van der Waals surface area contributed by atoms with E-state index in [0.717, 1.165) is 11.1 Å². The van der Waals surface area contributed by atoms with Gasteiger partial charge in [0.25, 0.3) is 0 Å². The number of nitroso groups, excluding NO2 is 1. The molecule has 3 heteroatoms. The molecule has 1 aliphatic carbocycles. The Balaban J connectivity index is 2.41. The van der Waals surface area contributed by atoms with Gasteiger partial charge in [-0.05, 0) is 11.1 Å². The monoisotopic (exact) mass is 181 g/mol. The van der Waals surface area contributed by atoms with E-state index < -0.39 is 0 Å². The first-order valence-corrected chi connectivity index (χ1v) is 4.31. The van der Waals surface area contributed by atoms with Crippen LogP contribution in [0.3, 0.4) is 0 Å². The lowest BCUT2D eigenvalue weighted by Crippen LogP contribution is -2.04. The van der Waals surface area contributed by atoms with Gasteiger partial charge in [0.2, 0.25) is 0 Å². The molecule has 2 unspecified atom stereocenters. The Bertz CT molecular complexity index is 313. The molecule has 0 aromatic heterocycles. The molecule has 0 aliphatic heterocycles. The van der Waals surface area contributed by atoms with E-state index in [0.29, 0.717) is 6.42 Å². The number of benzene rings is 1. The molecule has 1 aliphatic rings. The van der Waals surface area contributed by atoms with Gasteiger partial charge in [0, 0.05) is 6.42 Å². The molecule has 1 aromatic carbocycles. The summed E-state index contributed by atoms with van der Waals surface area (Å²) in [5.41, 5.74) is 2.21. The fourth-order valence-electron chi connectivity index (χ4n) is 1.62. The molecule has 0 fully saturated rings. The minimum Gasteiger partial charge on any atom is -0.150 e. The number of fused-ring (bicyclic) bond motifs is 1. The average Bonchev–Trinajstić information content (AvgIpc) is 2.44. The Morgan fingerprint density at radius 2 is 2.17 bits per heavy atom. The topological polar surface area (TPSA) is 29.4 Å². The van der Waals surface area contributed by atoms with Crippen molar-refractivity contribution in [3.05, 3.63) is 40.3 Å². The molecule has 12 heavy (non-hydrogen) atoms. The van der Waals surface area contributed by atoms with Crippen molar-refractivity contribution in [1.82, 2.24) is 0 Å². The van der Waals surface area contributed by atoms with Gasteiger partial charge in [0.15, 0.2) is 0 Å². The van der Waals surface area contributed by atoms with Crippen molar-refractivity contribution in [2.24, 2.45) is 5.18 Å². The summed E-state index contributed by atoms with van der Waals surface area (Å²) in [5, 5.41) is 2.78. The predicted molar refractivity (Wildman–Crippen MR) is 48.3 cm³/mol. The molecular formula is C9H8ClNO. The lowest BCUT2D eigenvalue weighted by molar-refractivity contribution is 0.697. The van der Waals surface area contributed by atoms with Crippen LogP contribution in [-0.4, -0.2) is 6.04 Å². The van der Waals surface area contributed by atoms with Crippen molar-refractivity contribution in [3.63, 3.8) is 0 Å². The molecule has 0 amide bonds. The van der Waals surface area contributed by atoms with Crippen LogP contribution >= 0.6 is 11.6 Å². The highest BCUT2D eigenvalue weighted by molar-refractivity contribution is 6.21. The lowest BCUT2D eigenvalue weighted by atomic mass is 10.1. The van der Waals surface area contributed by atoms with Gasteiger partial charge in [0.1, 0.15) is 6.04 Å². The third-order valence-electron chi connectivity index (χ3n) is 2.25. The standard InChI is InChI=1S/C9H8ClNO/c10-9-7-4-2-1-3-6(7)5-8(9)11-12/h1-4,8-9H,5H2. The van der Waals surface area contributed by atoms with Gasteiger partial charge in [-0.25, -0.2) is 0 Å². The quantitative estimate of drug-likeness (QED) is 0.484. The molecule has 0 spiro atoms. The minimum atomic E-state index is -0.274. The Morgan fingerprint density at radius 1 is 1.42 bits per heavy atom. The van der Waals surface area contributed by atoms with E-state index in [1.54, 1.807) is 0 Å². The third kappa shape index (κ3) is 1.03. The maximum Gasteiger partial charge on any atom is 0.116 e. The van der Waals surface area contributed by atoms with Crippen LogP contribution in [0.25, 0.3) is 0 Å². The molecule has 62 valence electrons. The molecule has 1 aromatic rings. The van der Waals surface area contributed by atoms with Gasteiger partial charge in [-0.15, -0.1) is 11.6 Å². The normalized spacial score (nSPS) is 26.8. The SMILES string of the molecule is O=NC1Cc2ccccc2C1Cl. The van der Waals surface area contributed by atoms with Gasteiger partial charge >= 0.3 is 0 Å². The van der Waals surface area contributed by atoms with E-state index in [2.05, 4.69) is 5.18 Å². The maximum absolute atomic E-state index is 10.4. The zero-order valence-electron chi connectivity index (χ0n) is 6.40. The van der Waals surface area contributed by atoms with E-state index in [9.17, 15) is 4.91 Å². The molecule has 0 saturated heterocycles. The summed E-state index contributed by atoms with van der Waals surface area (Å²) < 4.78 is 0. The second-order valence-electron chi connectivity index (χ2n) is 2.98. The molecule has 0 saturated carbocycles. The minimum absolute atomic E-state index is 0.223. The summed E-state index contributed by atoms with van der Waals surface area (Å²) in [5.74, 6) is 0. The van der Waals surface area contributed by atoms with E-state index in [1.165, 1.54) is 0 Å². The Morgan fingerprint density at radius 3 is 2.83 bits per heavy atom. The first-order chi connectivity index (χ1) is 5.83. The zero-order valence-corrected chi connectivity index (χ0v) is 7.16. The van der Waals surface area contributed by atoms with Crippen LogP contribution in [0, 0.1) is 4.91 Å². The summed E-state index contributed by atoms with van der Waals surface area (Å²) in [7, 11) is 0. The second kappa shape index (κ2) is 2.87. The number of nitrogens with zero attached hydrogens (tertiary/aromatic N) is 1. The summed E-state index contributed by atoms with van der Waals surface area (Å²) in [6, 6.07) is 7.56. The number of alkyl halides is 1. The van der Waals surface area contributed by atoms with Gasteiger partial charge in [-0.1, -0.05) is 29.4 Å². The molecule has 0 radical (unpaired) electrons. The van der Waals surface area contributed by atoms with Crippen LogP contribution in [0.4, 0.5) is 0 Å². The summed E-state index contributed by atoms with van der Waals surface area (Å²) in [6.07, 6.45) is 0.688. The lowest BCUT2D eigenvalue weighted by Gasteiger charge is -2.03. The van der Waals surface area contributed by atoms with Crippen LogP contribution in [0.15, 0.2) is 29.4 Å². The van der Waals surface area contributed by atoms with E-state index in [4.69, 9.17) is 11.6 Å². The fraction of sp³-hybridized carbons (Fsp3) is 0.333. The van der Waals surface area contributed by atoms with Crippen LogP contribution in [-0.2, 0) is 6.42 Å². The van der Waals surface area contributed by atoms with E-state index in [1.807, 2.05) is 24.3 Å².